The summed E-state index contributed by atoms with van der Waals surface area (Å²) in [6.45, 7) is 2.99. The summed E-state index contributed by atoms with van der Waals surface area (Å²) >= 11 is 0. The fourth-order valence-electron chi connectivity index (χ4n) is 3.59. The smallest absolute Gasteiger partial charge is 0.358 e. The summed E-state index contributed by atoms with van der Waals surface area (Å²) in [5.74, 6) is 0.331. The lowest BCUT2D eigenvalue weighted by molar-refractivity contribution is 0.0593. The molecule has 0 radical (unpaired) electrons. The van der Waals surface area contributed by atoms with E-state index in [9.17, 15) is 4.79 Å². The third kappa shape index (κ3) is 2.85. The van der Waals surface area contributed by atoms with Crippen molar-refractivity contribution in [2.24, 2.45) is 0 Å². The number of anilines is 1. The number of rotatable bonds is 4. The Bertz CT molecular complexity index is 510. The molecule has 0 spiro atoms. The van der Waals surface area contributed by atoms with Crippen LogP contribution in [0.15, 0.2) is 12.4 Å². The largest absolute Gasteiger partial charge is 0.464 e. The van der Waals surface area contributed by atoms with E-state index in [0.29, 0.717) is 18.1 Å². The van der Waals surface area contributed by atoms with Crippen LogP contribution >= 0.6 is 0 Å². The molecule has 0 aliphatic carbocycles. The number of hydrogen-bond donors (Lipinski definition) is 1. The van der Waals surface area contributed by atoms with Gasteiger partial charge >= 0.3 is 5.97 Å². The topological polar surface area (TPSA) is 67.4 Å². The molecule has 6 nitrogen and oxygen atoms in total. The maximum atomic E-state index is 11.6. The van der Waals surface area contributed by atoms with Gasteiger partial charge in [-0.05, 0) is 32.6 Å². The monoisotopic (exact) mass is 290 g/mol. The van der Waals surface area contributed by atoms with E-state index < -0.39 is 5.97 Å². The van der Waals surface area contributed by atoms with Crippen molar-refractivity contribution in [1.29, 1.82) is 0 Å². The molecular weight excluding hydrogens is 268 g/mol. The van der Waals surface area contributed by atoms with Gasteiger partial charge in [0.1, 0.15) is 5.82 Å². The van der Waals surface area contributed by atoms with Gasteiger partial charge in [-0.15, -0.1) is 0 Å². The predicted molar refractivity (Wildman–Crippen MR) is 79.4 cm³/mol. The number of aromatic nitrogens is 2. The summed E-state index contributed by atoms with van der Waals surface area (Å²) in [4.78, 5) is 22.5. The maximum Gasteiger partial charge on any atom is 0.358 e. The van der Waals surface area contributed by atoms with Crippen LogP contribution < -0.4 is 10.2 Å². The van der Waals surface area contributed by atoms with Crippen molar-refractivity contribution in [1.82, 2.24) is 15.3 Å². The lowest BCUT2D eigenvalue weighted by atomic mass is 9.98. The van der Waals surface area contributed by atoms with Gasteiger partial charge in [0.15, 0.2) is 5.69 Å². The van der Waals surface area contributed by atoms with Crippen molar-refractivity contribution in [2.75, 3.05) is 18.6 Å². The van der Waals surface area contributed by atoms with Crippen LogP contribution in [0.3, 0.4) is 0 Å². The Hall–Kier alpha value is -1.69. The van der Waals surface area contributed by atoms with Crippen molar-refractivity contribution in [3.8, 4) is 0 Å². The van der Waals surface area contributed by atoms with E-state index in [1.54, 1.807) is 6.20 Å². The number of nitrogens with zero attached hydrogens (tertiary/aromatic N) is 3. The fourth-order valence-corrected chi connectivity index (χ4v) is 3.59. The van der Waals surface area contributed by atoms with Gasteiger partial charge in [0.05, 0.1) is 19.5 Å². The van der Waals surface area contributed by atoms with E-state index in [2.05, 4.69) is 27.1 Å². The summed E-state index contributed by atoms with van der Waals surface area (Å²) in [7, 11) is 1.36. The molecule has 2 unspecified atom stereocenters. The number of ether oxygens (including phenoxy) is 1. The number of carbonyl (C=O) groups is 1. The van der Waals surface area contributed by atoms with Crippen LogP contribution in [0.2, 0.25) is 0 Å². The summed E-state index contributed by atoms with van der Waals surface area (Å²) in [6.07, 6.45) is 8.00. The Labute approximate surface area is 124 Å². The van der Waals surface area contributed by atoms with Gasteiger partial charge in [-0.3, -0.25) is 4.98 Å². The van der Waals surface area contributed by atoms with Crippen LogP contribution in [0.1, 0.15) is 43.1 Å². The molecule has 1 aromatic rings. The number of piperidine rings is 1. The van der Waals surface area contributed by atoms with Gasteiger partial charge in [-0.1, -0.05) is 0 Å². The molecule has 1 aromatic heterocycles. The van der Waals surface area contributed by atoms with E-state index in [-0.39, 0.29) is 5.69 Å². The van der Waals surface area contributed by atoms with E-state index in [0.717, 1.165) is 25.2 Å². The minimum Gasteiger partial charge on any atom is -0.464 e. The zero-order valence-electron chi connectivity index (χ0n) is 12.6. The molecule has 6 heteroatoms. The first kappa shape index (κ1) is 14.3. The van der Waals surface area contributed by atoms with Gasteiger partial charge in [0.2, 0.25) is 0 Å². The molecule has 0 saturated carbocycles. The highest BCUT2D eigenvalue weighted by Crippen LogP contribution is 2.31. The highest BCUT2D eigenvalue weighted by atomic mass is 16.5. The Balaban J connectivity index is 1.81. The third-order valence-corrected chi connectivity index (χ3v) is 4.54. The summed E-state index contributed by atoms with van der Waals surface area (Å²) in [5.41, 5.74) is 0.269. The number of fused-ring (bicyclic) bond motifs is 2. The Morgan fingerprint density at radius 2 is 2.10 bits per heavy atom. The molecule has 2 saturated heterocycles. The van der Waals surface area contributed by atoms with Crippen LogP contribution in [0, 0.1) is 0 Å². The molecule has 2 aliphatic heterocycles. The predicted octanol–water partition coefficient (Wildman–Crippen LogP) is 1.37. The second kappa shape index (κ2) is 5.97. The van der Waals surface area contributed by atoms with Crippen molar-refractivity contribution in [3.05, 3.63) is 18.1 Å². The van der Waals surface area contributed by atoms with Crippen LogP contribution in [-0.2, 0) is 4.74 Å². The molecule has 2 bridgehead atoms. The number of methoxy groups -OCH3 is 1. The van der Waals surface area contributed by atoms with Crippen molar-refractivity contribution in [2.45, 2.75) is 50.7 Å². The first-order valence-corrected chi connectivity index (χ1v) is 7.64. The molecule has 114 valence electrons. The Morgan fingerprint density at radius 1 is 1.38 bits per heavy atom. The van der Waals surface area contributed by atoms with Crippen molar-refractivity contribution in [3.63, 3.8) is 0 Å². The zero-order chi connectivity index (χ0) is 14.8. The molecular formula is C15H22N4O2. The van der Waals surface area contributed by atoms with Crippen LogP contribution in [0.5, 0.6) is 0 Å². The normalized spacial score (nSPS) is 27.4. The van der Waals surface area contributed by atoms with E-state index in [1.165, 1.54) is 26.1 Å². The van der Waals surface area contributed by atoms with Crippen LogP contribution in [-0.4, -0.2) is 47.7 Å². The molecule has 21 heavy (non-hydrogen) atoms. The molecule has 0 aromatic carbocycles. The average molecular weight is 290 g/mol. The lowest BCUT2D eigenvalue weighted by Gasteiger charge is -2.37. The second-order valence-corrected chi connectivity index (χ2v) is 5.80. The Kier molecular flexibility index (Phi) is 4.05. The van der Waals surface area contributed by atoms with Gasteiger partial charge in [-0.25, -0.2) is 9.78 Å². The van der Waals surface area contributed by atoms with Gasteiger partial charge in [0.25, 0.3) is 0 Å². The molecule has 1 N–H and O–H groups in total. The first-order valence-electron chi connectivity index (χ1n) is 7.64. The molecule has 3 heterocycles. The van der Waals surface area contributed by atoms with E-state index in [4.69, 9.17) is 4.74 Å². The molecule has 2 atom stereocenters. The SMILES string of the molecule is CCN(c1cncc(C(=O)OC)n1)C1CC2CCC(C1)N2. The van der Waals surface area contributed by atoms with Gasteiger partial charge in [0, 0.05) is 24.7 Å². The summed E-state index contributed by atoms with van der Waals surface area (Å²) in [5, 5.41) is 3.65. The molecule has 2 fully saturated rings. The number of esters is 1. The van der Waals surface area contributed by atoms with Gasteiger partial charge < -0.3 is 15.0 Å². The van der Waals surface area contributed by atoms with Gasteiger partial charge in [-0.2, -0.15) is 0 Å². The van der Waals surface area contributed by atoms with Crippen LogP contribution in [0.4, 0.5) is 5.82 Å². The lowest BCUT2D eigenvalue weighted by Crippen LogP contribution is -2.48. The molecule has 0 amide bonds. The highest BCUT2D eigenvalue weighted by Gasteiger charge is 2.36. The minimum atomic E-state index is -0.439. The van der Waals surface area contributed by atoms with Crippen molar-refractivity contribution < 1.29 is 9.53 Å². The van der Waals surface area contributed by atoms with E-state index in [1.807, 2.05) is 0 Å². The summed E-state index contributed by atoms with van der Waals surface area (Å²) in [6, 6.07) is 1.72. The minimum absolute atomic E-state index is 0.269. The number of nitrogens with one attached hydrogen (secondary N) is 1. The summed E-state index contributed by atoms with van der Waals surface area (Å²) < 4.78 is 4.72. The second-order valence-electron chi connectivity index (χ2n) is 5.80. The fraction of sp³-hybridized carbons (Fsp3) is 0.667. The Morgan fingerprint density at radius 3 is 2.71 bits per heavy atom. The number of carbonyl (C=O) groups excluding carboxylic acids is 1. The average Bonchev–Trinajstić information content (AvgIpc) is 2.86. The van der Waals surface area contributed by atoms with Crippen molar-refractivity contribution >= 4 is 11.8 Å². The molecule has 2 aliphatic rings. The number of hydrogen-bond acceptors (Lipinski definition) is 6. The van der Waals surface area contributed by atoms with E-state index >= 15 is 0 Å². The molecule has 3 rings (SSSR count). The quantitative estimate of drug-likeness (QED) is 0.845. The zero-order valence-corrected chi connectivity index (χ0v) is 12.6. The van der Waals surface area contributed by atoms with Crippen LogP contribution in [0.25, 0.3) is 0 Å². The standard InChI is InChI=1S/C15H22N4O2/c1-3-19(12-6-10-4-5-11(7-12)17-10)14-9-16-8-13(18-14)15(20)21-2/h8-12,17H,3-7H2,1-2H3. The maximum absolute atomic E-state index is 11.6. The third-order valence-electron chi connectivity index (χ3n) is 4.54. The highest BCUT2D eigenvalue weighted by molar-refractivity contribution is 5.87. The first-order chi connectivity index (χ1) is 10.2.